The van der Waals surface area contributed by atoms with Crippen LogP contribution in [0.25, 0.3) is 16.9 Å². The van der Waals surface area contributed by atoms with Crippen LogP contribution in [-0.4, -0.2) is 77.4 Å². The van der Waals surface area contributed by atoms with E-state index in [9.17, 15) is 18.4 Å². The van der Waals surface area contributed by atoms with Crippen LogP contribution in [0.3, 0.4) is 0 Å². The van der Waals surface area contributed by atoms with E-state index in [1.54, 1.807) is 34.1 Å². The maximum absolute atomic E-state index is 14.3. The monoisotopic (exact) mass is 665 g/mol. The molecule has 12 heteroatoms. The lowest BCUT2D eigenvalue weighted by Gasteiger charge is -2.49. The molecule has 2 fully saturated rings. The number of hydrogen-bond donors (Lipinski definition) is 2. The van der Waals surface area contributed by atoms with Gasteiger partial charge < -0.3 is 20.5 Å². The van der Waals surface area contributed by atoms with Crippen molar-refractivity contribution < 1.29 is 18.4 Å². The van der Waals surface area contributed by atoms with Crippen molar-refractivity contribution in [3.63, 3.8) is 0 Å². The number of amides is 2. The van der Waals surface area contributed by atoms with Crippen LogP contribution in [0, 0.1) is 0 Å². The molecular formula is C32H36Cl3F2N5O2. The molecule has 1 aromatic heterocycles. The van der Waals surface area contributed by atoms with E-state index < -0.39 is 17.4 Å². The third-order valence-electron chi connectivity index (χ3n) is 8.90. The minimum absolute atomic E-state index is 0.0919. The van der Waals surface area contributed by atoms with Crippen LogP contribution in [0.1, 0.15) is 48.2 Å². The largest absolute Gasteiger partial charge is 0.368 e. The van der Waals surface area contributed by atoms with Crippen molar-refractivity contribution in [2.75, 3.05) is 39.8 Å². The van der Waals surface area contributed by atoms with Gasteiger partial charge in [-0.1, -0.05) is 34.8 Å². The molecule has 2 amide bonds. The zero-order valence-corrected chi connectivity index (χ0v) is 26.8. The number of primary amides is 1. The minimum atomic E-state index is -2.74. The predicted octanol–water partition coefficient (Wildman–Crippen LogP) is 6.45. The van der Waals surface area contributed by atoms with Crippen molar-refractivity contribution in [3.8, 4) is 16.9 Å². The number of nitrogens with two attached hydrogens (primary N) is 1. The van der Waals surface area contributed by atoms with Gasteiger partial charge in [-0.15, -0.1) is 0 Å². The number of nitrogens with one attached hydrogen (secondary N) is 1. The summed E-state index contributed by atoms with van der Waals surface area (Å²) in [4.78, 5) is 30.6. The summed E-state index contributed by atoms with van der Waals surface area (Å²) in [6.07, 6.45) is 1.30. The molecule has 2 aliphatic heterocycles. The Morgan fingerprint density at radius 2 is 1.55 bits per heavy atom. The Kier molecular flexibility index (Phi) is 9.92. The number of piperidine rings is 2. The smallest absolute Gasteiger partial charge is 0.255 e. The number of benzene rings is 2. The average molecular weight is 667 g/mol. The normalized spacial score (nSPS) is 18.4. The number of rotatable bonds is 9. The van der Waals surface area contributed by atoms with Crippen LogP contribution in [0.4, 0.5) is 8.78 Å². The Morgan fingerprint density at radius 3 is 2.14 bits per heavy atom. The lowest BCUT2D eigenvalue weighted by Crippen LogP contribution is -2.64. The van der Waals surface area contributed by atoms with Crippen molar-refractivity contribution in [1.29, 1.82) is 0 Å². The number of nitrogens with zero attached hydrogens (tertiary/aromatic N) is 3. The van der Waals surface area contributed by atoms with E-state index in [0.29, 0.717) is 32.6 Å². The molecule has 2 aliphatic rings. The summed E-state index contributed by atoms with van der Waals surface area (Å²) < 4.78 is 29.8. The average Bonchev–Trinajstić information content (AvgIpc) is 3.36. The van der Waals surface area contributed by atoms with Gasteiger partial charge in [0, 0.05) is 66.0 Å². The summed E-state index contributed by atoms with van der Waals surface area (Å²) in [5.74, 6) is -3.44. The summed E-state index contributed by atoms with van der Waals surface area (Å²) in [7, 11) is 1.88. The first-order valence-corrected chi connectivity index (χ1v) is 15.9. The van der Waals surface area contributed by atoms with Crippen molar-refractivity contribution in [2.24, 2.45) is 5.73 Å². The van der Waals surface area contributed by atoms with Gasteiger partial charge in [0.2, 0.25) is 5.91 Å². The molecule has 2 saturated heterocycles. The fourth-order valence-electron chi connectivity index (χ4n) is 6.43. The van der Waals surface area contributed by atoms with E-state index in [-0.39, 0.29) is 57.8 Å². The Hall–Kier alpha value is -2.69. The van der Waals surface area contributed by atoms with Gasteiger partial charge in [-0.3, -0.25) is 14.5 Å². The van der Waals surface area contributed by atoms with E-state index in [0.717, 1.165) is 30.0 Å². The second kappa shape index (κ2) is 13.3. The number of likely N-dealkylation sites (tertiary alicyclic amines) is 2. The van der Waals surface area contributed by atoms with Crippen LogP contribution in [0.2, 0.25) is 15.1 Å². The van der Waals surface area contributed by atoms with E-state index in [4.69, 9.17) is 40.5 Å². The number of hydrogen-bond acceptors (Lipinski definition) is 4. The molecule has 3 aromatic rings. The highest BCUT2D eigenvalue weighted by Gasteiger charge is 2.49. The van der Waals surface area contributed by atoms with Gasteiger partial charge in [0.1, 0.15) is 5.54 Å². The highest BCUT2D eigenvalue weighted by atomic mass is 35.5. The molecule has 0 bridgehead atoms. The minimum Gasteiger partial charge on any atom is -0.368 e. The van der Waals surface area contributed by atoms with Crippen LogP contribution >= 0.6 is 34.8 Å². The van der Waals surface area contributed by atoms with Crippen LogP contribution < -0.4 is 11.1 Å². The van der Waals surface area contributed by atoms with Crippen LogP contribution in [0.5, 0.6) is 0 Å². The van der Waals surface area contributed by atoms with Gasteiger partial charge in [-0.05, 0) is 87.8 Å². The van der Waals surface area contributed by atoms with Crippen molar-refractivity contribution in [1.82, 2.24) is 19.7 Å². The Balaban J connectivity index is 1.52. The molecule has 0 atom stereocenters. The Morgan fingerprint density at radius 1 is 0.909 bits per heavy atom. The number of carbonyl (C=O) groups excluding carboxylic acids is 2. The zero-order chi connectivity index (χ0) is 31.6. The molecule has 0 unspecified atom stereocenters. The van der Waals surface area contributed by atoms with E-state index in [1.807, 2.05) is 35.9 Å². The summed E-state index contributed by atoms with van der Waals surface area (Å²) >= 11 is 19.1. The summed E-state index contributed by atoms with van der Waals surface area (Å²) in [6, 6.07) is 14.5. The van der Waals surface area contributed by atoms with Gasteiger partial charge in [0.25, 0.3) is 11.8 Å². The molecule has 5 rings (SSSR count). The molecule has 0 aliphatic carbocycles. The molecule has 0 radical (unpaired) electrons. The van der Waals surface area contributed by atoms with Gasteiger partial charge in [0.05, 0.1) is 16.3 Å². The van der Waals surface area contributed by atoms with Gasteiger partial charge in [-0.25, -0.2) is 8.78 Å². The first-order chi connectivity index (χ1) is 21.0. The quantitative estimate of drug-likeness (QED) is 0.257. The topological polar surface area (TPSA) is 83.6 Å². The molecule has 0 spiro atoms. The third-order valence-corrected chi connectivity index (χ3v) is 9.70. The summed E-state index contributed by atoms with van der Waals surface area (Å²) in [5, 5.41) is 4.70. The van der Waals surface area contributed by atoms with Gasteiger partial charge in [-0.2, -0.15) is 0 Å². The predicted molar refractivity (Wildman–Crippen MR) is 171 cm³/mol. The maximum Gasteiger partial charge on any atom is 0.255 e. The Bertz CT molecular complexity index is 1510. The standard InChI is InChI=1S/C32H36Cl3F2N5O2/c1-39-14-2-3-27-25(20-28(24-9-6-22(34)19-26(24)35)42(27)23-7-4-21(33)5-8-23)29(43)40-15-10-31(11-16-40,30(38)44)41-17-12-32(36,37)13-18-41/h4-9,19-20,39H,2-3,10-18H2,1H3,(H2,38,44). The van der Waals surface area contributed by atoms with Crippen LogP contribution in [0.15, 0.2) is 48.5 Å². The molecule has 2 aromatic carbocycles. The van der Waals surface area contributed by atoms with Crippen molar-refractivity contribution >= 4 is 46.6 Å². The van der Waals surface area contributed by atoms with Crippen molar-refractivity contribution in [3.05, 3.63) is 74.9 Å². The fraction of sp³-hybridized carbons (Fsp3) is 0.438. The lowest BCUT2D eigenvalue weighted by atomic mass is 9.83. The number of alkyl halides is 2. The highest BCUT2D eigenvalue weighted by molar-refractivity contribution is 6.36. The van der Waals surface area contributed by atoms with Gasteiger partial charge >= 0.3 is 0 Å². The molecule has 3 N–H and O–H groups in total. The number of halogens is 5. The summed E-state index contributed by atoms with van der Waals surface area (Å²) in [5.41, 5.74) is 8.46. The molecule has 0 saturated carbocycles. The second-order valence-corrected chi connectivity index (χ2v) is 12.8. The number of aromatic nitrogens is 1. The highest BCUT2D eigenvalue weighted by Crippen LogP contribution is 2.39. The second-order valence-electron chi connectivity index (χ2n) is 11.6. The SMILES string of the molecule is CNCCCc1c(C(=O)N2CCC(C(N)=O)(N3CCC(F)(F)CC3)CC2)cc(-c2ccc(Cl)cc2Cl)n1-c1ccc(Cl)cc1. The van der Waals surface area contributed by atoms with E-state index >= 15 is 0 Å². The fourth-order valence-corrected chi connectivity index (χ4v) is 7.06. The molecular weight excluding hydrogens is 631 g/mol. The Labute approximate surface area is 271 Å². The molecule has 7 nitrogen and oxygen atoms in total. The third kappa shape index (κ3) is 6.63. The lowest BCUT2D eigenvalue weighted by molar-refractivity contribution is -0.140. The zero-order valence-electron chi connectivity index (χ0n) is 24.5. The van der Waals surface area contributed by atoms with Gasteiger partial charge in [0.15, 0.2) is 0 Å². The van der Waals surface area contributed by atoms with Crippen LogP contribution in [-0.2, 0) is 11.2 Å². The summed E-state index contributed by atoms with van der Waals surface area (Å²) in [6.45, 7) is 1.47. The molecule has 44 heavy (non-hydrogen) atoms. The first kappa shape index (κ1) is 32.7. The molecule has 236 valence electrons. The first-order valence-electron chi connectivity index (χ1n) is 14.8. The number of carbonyl (C=O) groups is 2. The maximum atomic E-state index is 14.3. The van der Waals surface area contributed by atoms with E-state index in [2.05, 4.69) is 5.32 Å². The molecule has 3 heterocycles. The van der Waals surface area contributed by atoms with E-state index in [1.165, 1.54) is 0 Å². The van der Waals surface area contributed by atoms with Crippen molar-refractivity contribution in [2.45, 2.75) is 50.0 Å².